The lowest BCUT2D eigenvalue weighted by molar-refractivity contribution is -0.136. The number of cyclic esters (lactones) is 1. The second-order valence-electron chi connectivity index (χ2n) is 7.47. The SMILES string of the molecule is CC1=C(CCCCCCCCCCCCCCC(C)O)C(=O)OC1. The number of unbranched alkanes of at least 4 members (excludes halogenated alkanes) is 11. The monoisotopic (exact) mass is 338 g/mol. The van der Waals surface area contributed by atoms with Crippen molar-refractivity contribution in [2.45, 2.75) is 110 Å². The zero-order valence-corrected chi connectivity index (χ0v) is 15.9. The predicted octanol–water partition coefficient (Wildman–Crippen LogP) is 5.70. The maximum absolute atomic E-state index is 11.5. The van der Waals surface area contributed by atoms with Gasteiger partial charge in [0, 0.05) is 5.57 Å². The Labute approximate surface area is 148 Å². The summed E-state index contributed by atoms with van der Waals surface area (Å²) in [5.41, 5.74) is 2.06. The molecule has 140 valence electrons. The van der Waals surface area contributed by atoms with Crippen LogP contribution in [-0.4, -0.2) is 23.8 Å². The van der Waals surface area contributed by atoms with Gasteiger partial charge >= 0.3 is 5.97 Å². The van der Waals surface area contributed by atoms with Gasteiger partial charge in [-0.05, 0) is 38.7 Å². The molecule has 1 heterocycles. The largest absolute Gasteiger partial charge is 0.458 e. The molecule has 0 spiro atoms. The Morgan fingerprint density at radius 3 is 1.75 bits per heavy atom. The summed E-state index contributed by atoms with van der Waals surface area (Å²) in [5, 5.41) is 9.19. The van der Waals surface area contributed by atoms with Gasteiger partial charge in [0.25, 0.3) is 0 Å². The summed E-state index contributed by atoms with van der Waals surface area (Å²) >= 11 is 0. The number of ether oxygens (including phenoxy) is 1. The quantitative estimate of drug-likeness (QED) is 0.308. The van der Waals surface area contributed by atoms with Gasteiger partial charge in [-0.25, -0.2) is 4.79 Å². The first-order valence-electron chi connectivity index (χ1n) is 10.1. The molecule has 0 amide bonds. The van der Waals surface area contributed by atoms with Crippen LogP contribution in [-0.2, 0) is 9.53 Å². The second-order valence-corrected chi connectivity index (χ2v) is 7.47. The summed E-state index contributed by atoms with van der Waals surface area (Å²) in [5.74, 6) is -0.0848. The molecule has 0 aromatic heterocycles. The Morgan fingerprint density at radius 2 is 1.33 bits per heavy atom. The molecule has 0 radical (unpaired) electrons. The molecule has 1 unspecified atom stereocenters. The van der Waals surface area contributed by atoms with Gasteiger partial charge in [0.05, 0.1) is 6.10 Å². The van der Waals surface area contributed by atoms with Gasteiger partial charge in [-0.15, -0.1) is 0 Å². The molecule has 24 heavy (non-hydrogen) atoms. The maximum atomic E-state index is 11.5. The highest BCUT2D eigenvalue weighted by Gasteiger charge is 2.20. The molecular weight excluding hydrogens is 300 g/mol. The molecule has 1 aliphatic heterocycles. The summed E-state index contributed by atoms with van der Waals surface area (Å²) in [6, 6.07) is 0. The van der Waals surface area contributed by atoms with Crippen LogP contribution in [0.1, 0.15) is 104 Å². The minimum Gasteiger partial charge on any atom is -0.458 e. The average Bonchev–Trinajstić information content (AvgIpc) is 2.86. The van der Waals surface area contributed by atoms with Crippen molar-refractivity contribution < 1.29 is 14.6 Å². The van der Waals surface area contributed by atoms with E-state index in [-0.39, 0.29) is 12.1 Å². The van der Waals surface area contributed by atoms with Crippen LogP contribution >= 0.6 is 0 Å². The highest BCUT2D eigenvalue weighted by molar-refractivity contribution is 5.91. The standard InChI is InChI=1S/C21H38O3/c1-18-17-24-21(23)20(18)16-14-12-10-8-6-4-3-5-7-9-11-13-15-19(2)22/h19,22H,3-17H2,1-2H3. The first kappa shape index (κ1) is 21.2. The number of carbonyl (C=O) groups is 1. The van der Waals surface area contributed by atoms with Crippen molar-refractivity contribution in [2.24, 2.45) is 0 Å². The lowest BCUT2D eigenvalue weighted by Crippen LogP contribution is -1.99. The van der Waals surface area contributed by atoms with Crippen molar-refractivity contribution in [3.8, 4) is 0 Å². The third kappa shape index (κ3) is 10.1. The van der Waals surface area contributed by atoms with E-state index in [9.17, 15) is 9.90 Å². The van der Waals surface area contributed by atoms with Crippen molar-refractivity contribution in [1.82, 2.24) is 0 Å². The van der Waals surface area contributed by atoms with Crippen LogP contribution in [0.15, 0.2) is 11.1 Å². The Hall–Kier alpha value is -0.830. The molecule has 0 aliphatic carbocycles. The Bertz CT molecular complexity index is 371. The van der Waals surface area contributed by atoms with Crippen molar-refractivity contribution in [2.75, 3.05) is 6.61 Å². The Balaban J connectivity index is 1.78. The van der Waals surface area contributed by atoms with Gasteiger partial charge in [0.15, 0.2) is 0 Å². The molecular formula is C21H38O3. The molecule has 0 saturated carbocycles. The summed E-state index contributed by atoms with van der Waals surface area (Å²) in [6.07, 6.45) is 17.3. The summed E-state index contributed by atoms with van der Waals surface area (Å²) in [6.45, 7) is 4.39. The molecule has 0 aromatic rings. The molecule has 1 rings (SSSR count). The van der Waals surface area contributed by atoms with E-state index in [2.05, 4.69) is 0 Å². The second kappa shape index (κ2) is 13.5. The van der Waals surface area contributed by atoms with Crippen molar-refractivity contribution in [1.29, 1.82) is 0 Å². The summed E-state index contributed by atoms with van der Waals surface area (Å²) < 4.78 is 5.03. The lowest BCUT2D eigenvalue weighted by atomic mass is 10.0. The fourth-order valence-corrected chi connectivity index (χ4v) is 3.35. The van der Waals surface area contributed by atoms with Crippen molar-refractivity contribution in [3.63, 3.8) is 0 Å². The number of rotatable bonds is 15. The van der Waals surface area contributed by atoms with Crippen LogP contribution in [0.25, 0.3) is 0 Å². The van der Waals surface area contributed by atoms with Crippen LogP contribution in [0.2, 0.25) is 0 Å². The molecule has 0 bridgehead atoms. The van der Waals surface area contributed by atoms with Crippen LogP contribution < -0.4 is 0 Å². The number of carbonyl (C=O) groups excluding carboxylic acids is 1. The number of hydrogen-bond donors (Lipinski definition) is 1. The molecule has 3 nitrogen and oxygen atoms in total. The summed E-state index contributed by atoms with van der Waals surface area (Å²) in [4.78, 5) is 11.5. The first-order chi connectivity index (χ1) is 11.6. The minimum absolute atomic E-state index is 0.0848. The lowest BCUT2D eigenvalue weighted by Gasteiger charge is -2.04. The molecule has 0 saturated heterocycles. The van der Waals surface area contributed by atoms with Crippen LogP contribution in [0.3, 0.4) is 0 Å². The van der Waals surface area contributed by atoms with E-state index in [1.807, 2.05) is 13.8 Å². The third-order valence-corrected chi connectivity index (χ3v) is 4.98. The molecule has 3 heteroatoms. The fraction of sp³-hybridized carbons (Fsp3) is 0.857. The van der Waals surface area contributed by atoms with Crippen LogP contribution in [0, 0.1) is 0 Å². The highest BCUT2D eigenvalue weighted by atomic mass is 16.5. The normalized spacial score (nSPS) is 15.9. The summed E-state index contributed by atoms with van der Waals surface area (Å²) in [7, 11) is 0. The maximum Gasteiger partial charge on any atom is 0.334 e. The average molecular weight is 339 g/mol. The number of hydrogen-bond acceptors (Lipinski definition) is 3. The van der Waals surface area contributed by atoms with E-state index in [0.717, 1.165) is 30.4 Å². The molecule has 1 atom stereocenters. The smallest absolute Gasteiger partial charge is 0.334 e. The molecule has 0 aromatic carbocycles. The van der Waals surface area contributed by atoms with Crippen LogP contribution in [0.4, 0.5) is 0 Å². The Morgan fingerprint density at radius 1 is 0.875 bits per heavy atom. The topological polar surface area (TPSA) is 46.5 Å². The molecule has 0 fully saturated rings. The number of aliphatic hydroxyl groups excluding tert-OH is 1. The van der Waals surface area contributed by atoms with Gasteiger partial charge in [-0.3, -0.25) is 0 Å². The Kier molecular flexibility index (Phi) is 11.9. The third-order valence-electron chi connectivity index (χ3n) is 4.98. The molecule has 1 aliphatic rings. The first-order valence-corrected chi connectivity index (χ1v) is 10.1. The van der Waals surface area contributed by atoms with E-state index in [4.69, 9.17) is 4.74 Å². The van der Waals surface area contributed by atoms with Gasteiger partial charge < -0.3 is 9.84 Å². The zero-order chi connectivity index (χ0) is 17.6. The van der Waals surface area contributed by atoms with E-state index >= 15 is 0 Å². The van der Waals surface area contributed by atoms with Gasteiger partial charge in [0.2, 0.25) is 0 Å². The zero-order valence-electron chi connectivity index (χ0n) is 15.9. The van der Waals surface area contributed by atoms with E-state index in [1.54, 1.807) is 0 Å². The van der Waals surface area contributed by atoms with E-state index in [0.29, 0.717) is 6.61 Å². The fourth-order valence-electron chi connectivity index (χ4n) is 3.35. The van der Waals surface area contributed by atoms with Crippen LogP contribution in [0.5, 0.6) is 0 Å². The van der Waals surface area contributed by atoms with Gasteiger partial charge in [0.1, 0.15) is 6.61 Å². The highest BCUT2D eigenvalue weighted by Crippen LogP contribution is 2.21. The van der Waals surface area contributed by atoms with E-state index in [1.165, 1.54) is 70.6 Å². The van der Waals surface area contributed by atoms with Gasteiger partial charge in [-0.1, -0.05) is 70.6 Å². The predicted molar refractivity (Wildman–Crippen MR) is 100.0 cm³/mol. The molecule has 1 N–H and O–H groups in total. The minimum atomic E-state index is -0.127. The van der Waals surface area contributed by atoms with E-state index < -0.39 is 0 Å². The van der Waals surface area contributed by atoms with Crippen molar-refractivity contribution >= 4 is 5.97 Å². The number of aliphatic hydroxyl groups is 1. The number of esters is 1. The van der Waals surface area contributed by atoms with Gasteiger partial charge in [-0.2, -0.15) is 0 Å². The van der Waals surface area contributed by atoms with Crippen molar-refractivity contribution in [3.05, 3.63) is 11.1 Å².